The summed E-state index contributed by atoms with van der Waals surface area (Å²) in [5, 5.41) is 0. The molecule has 0 saturated heterocycles. The van der Waals surface area contributed by atoms with Gasteiger partial charge in [-0.15, -0.1) is 11.6 Å². The number of rotatable bonds is 3. The summed E-state index contributed by atoms with van der Waals surface area (Å²) in [6.45, 7) is 0. The number of alkyl halides is 1. The second kappa shape index (κ2) is 5.50. The van der Waals surface area contributed by atoms with Crippen LogP contribution in [0.25, 0.3) is 16.7 Å². The van der Waals surface area contributed by atoms with E-state index >= 15 is 0 Å². The van der Waals surface area contributed by atoms with Crippen molar-refractivity contribution in [3.05, 3.63) is 52.8 Å². The SMILES string of the molecule is Fc1ccc(-n2c(CCCl)nc3cnccc32)cc1Br. The third-order valence-electron chi connectivity index (χ3n) is 3.01. The number of halogens is 3. The van der Waals surface area contributed by atoms with Crippen LogP contribution < -0.4 is 0 Å². The molecule has 0 amide bonds. The minimum atomic E-state index is -0.293. The van der Waals surface area contributed by atoms with Gasteiger partial charge in [0.25, 0.3) is 0 Å². The number of aryl methyl sites for hydroxylation is 1. The molecule has 0 aliphatic rings. The quantitative estimate of drug-likeness (QED) is 0.663. The summed E-state index contributed by atoms with van der Waals surface area (Å²) in [5.41, 5.74) is 2.57. The average Bonchev–Trinajstić information content (AvgIpc) is 2.80. The lowest BCUT2D eigenvalue weighted by atomic mass is 10.3. The van der Waals surface area contributed by atoms with Crippen molar-refractivity contribution in [3.63, 3.8) is 0 Å². The second-order valence-electron chi connectivity index (χ2n) is 4.27. The van der Waals surface area contributed by atoms with Crippen molar-refractivity contribution in [2.75, 3.05) is 5.88 Å². The summed E-state index contributed by atoms with van der Waals surface area (Å²) >= 11 is 9.05. The number of imidazole rings is 1. The van der Waals surface area contributed by atoms with Crippen molar-refractivity contribution in [1.29, 1.82) is 0 Å². The van der Waals surface area contributed by atoms with E-state index in [2.05, 4.69) is 25.9 Å². The van der Waals surface area contributed by atoms with Crippen LogP contribution in [-0.2, 0) is 6.42 Å². The van der Waals surface area contributed by atoms with Gasteiger partial charge in [0.1, 0.15) is 17.2 Å². The van der Waals surface area contributed by atoms with Crippen molar-refractivity contribution < 1.29 is 4.39 Å². The molecule has 2 heterocycles. The molecule has 0 spiro atoms. The molecule has 0 bridgehead atoms. The molecule has 0 aliphatic carbocycles. The van der Waals surface area contributed by atoms with Gasteiger partial charge in [0.05, 0.1) is 16.2 Å². The Kier molecular flexibility index (Phi) is 3.72. The van der Waals surface area contributed by atoms with Gasteiger partial charge in [-0.05, 0) is 40.2 Å². The monoisotopic (exact) mass is 353 g/mol. The summed E-state index contributed by atoms with van der Waals surface area (Å²) in [7, 11) is 0. The van der Waals surface area contributed by atoms with Crippen LogP contribution >= 0.6 is 27.5 Å². The maximum absolute atomic E-state index is 13.4. The van der Waals surface area contributed by atoms with Gasteiger partial charge in [-0.1, -0.05) is 0 Å². The molecule has 20 heavy (non-hydrogen) atoms. The first-order valence-electron chi connectivity index (χ1n) is 6.03. The molecule has 6 heteroatoms. The van der Waals surface area contributed by atoms with Crippen LogP contribution in [0.3, 0.4) is 0 Å². The van der Waals surface area contributed by atoms with E-state index in [1.807, 2.05) is 10.6 Å². The number of nitrogens with zero attached hydrogens (tertiary/aromatic N) is 3. The number of hydrogen-bond donors (Lipinski definition) is 0. The molecule has 1 aromatic carbocycles. The highest BCUT2D eigenvalue weighted by molar-refractivity contribution is 9.10. The fourth-order valence-electron chi connectivity index (χ4n) is 2.15. The van der Waals surface area contributed by atoms with Gasteiger partial charge in [0, 0.05) is 24.2 Å². The van der Waals surface area contributed by atoms with E-state index < -0.39 is 0 Å². The molecule has 2 aromatic heterocycles. The van der Waals surface area contributed by atoms with Gasteiger partial charge in [0.15, 0.2) is 0 Å². The van der Waals surface area contributed by atoms with Gasteiger partial charge in [-0.25, -0.2) is 9.37 Å². The first-order valence-corrected chi connectivity index (χ1v) is 7.36. The van der Waals surface area contributed by atoms with Gasteiger partial charge < -0.3 is 0 Å². The van der Waals surface area contributed by atoms with Gasteiger partial charge in [-0.2, -0.15) is 0 Å². The highest BCUT2D eigenvalue weighted by Crippen LogP contribution is 2.25. The molecule has 0 atom stereocenters. The molecule has 0 saturated carbocycles. The lowest BCUT2D eigenvalue weighted by Gasteiger charge is -2.09. The molecular formula is C14H10BrClFN3. The van der Waals surface area contributed by atoms with Crippen LogP contribution in [0.15, 0.2) is 41.1 Å². The van der Waals surface area contributed by atoms with Crippen molar-refractivity contribution in [1.82, 2.24) is 14.5 Å². The highest BCUT2D eigenvalue weighted by Gasteiger charge is 2.13. The van der Waals surface area contributed by atoms with Crippen LogP contribution in [0, 0.1) is 5.82 Å². The van der Waals surface area contributed by atoms with Crippen molar-refractivity contribution in [2.45, 2.75) is 6.42 Å². The predicted molar refractivity (Wildman–Crippen MR) is 80.9 cm³/mol. The first-order chi connectivity index (χ1) is 9.70. The van der Waals surface area contributed by atoms with E-state index in [0.717, 1.165) is 22.5 Å². The number of benzene rings is 1. The van der Waals surface area contributed by atoms with E-state index in [9.17, 15) is 4.39 Å². The molecule has 102 valence electrons. The number of pyridine rings is 1. The molecule has 0 aliphatic heterocycles. The third kappa shape index (κ3) is 2.31. The standard InChI is InChI=1S/C14H10BrClFN3/c15-10-7-9(1-2-11(10)17)20-13-4-6-18-8-12(13)19-14(20)3-5-16/h1-2,4,6-8H,3,5H2. The van der Waals surface area contributed by atoms with Crippen molar-refractivity contribution >= 4 is 38.6 Å². The normalized spacial score (nSPS) is 11.2. The van der Waals surface area contributed by atoms with Crippen LogP contribution in [0.2, 0.25) is 0 Å². The Morgan fingerprint density at radius 2 is 2.15 bits per heavy atom. The number of fused-ring (bicyclic) bond motifs is 1. The largest absolute Gasteiger partial charge is 0.296 e. The lowest BCUT2D eigenvalue weighted by Crippen LogP contribution is -2.02. The first kappa shape index (κ1) is 13.5. The van der Waals surface area contributed by atoms with Crippen molar-refractivity contribution in [2.24, 2.45) is 0 Å². The smallest absolute Gasteiger partial charge is 0.137 e. The number of hydrogen-bond acceptors (Lipinski definition) is 2. The Labute approximate surface area is 128 Å². The summed E-state index contributed by atoms with van der Waals surface area (Å²) in [5.74, 6) is 1.01. The molecule has 3 nitrogen and oxygen atoms in total. The third-order valence-corrected chi connectivity index (χ3v) is 3.80. The summed E-state index contributed by atoms with van der Waals surface area (Å²) in [6.07, 6.45) is 4.05. The van der Waals surface area contributed by atoms with E-state index in [1.54, 1.807) is 24.5 Å². The number of aromatic nitrogens is 3. The minimum absolute atomic E-state index is 0.293. The Morgan fingerprint density at radius 1 is 1.30 bits per heavy atom. The van der Waals surface area contributed by atoms with E-state index in [4.69, 9.17) is 11.6 Å². The maximum atomic E-state index is 13.4. The maximum Gasteiger partial charge on any atom is 0.137 e. The Bertz CT molecular complexity index is 772. The molecule has 0 N–H and O–H groups in total. The summed E-state index contributed by atoms with van der Waals surface area (Å²) in [6, 6.07) is 6.77. The predicted octanol–water partition coefficient (Wildman–Crippen LogP) is 4.10. The minimum Gasteiger partial charge on any atom is -0.296 e. The molecule has 0 unspecified atom stereocenters. The fraction of sp³-hybridized carbons (Fsp3) is 0.143. The average molecular weight is 355 g/mol. The van der Waals surface area contributed by atoms with Crippen LogP contribution in [0.4, 0.5) is 4.39 Å². The second-order valence-corrected chi connectivity index (χ2v) is 5.50. The molecule has 3 aromatic rings. The molecule has 0 fully saturated rings. The lowest BCUT2D eigenvalue weighted by molar-refractivity contribution is 0.620. The van der Waals surface area contributed by atoms with Gasteiger partial charge in [0.2, 0.25) is 0 Å². The fourth-order valence-corrected chi connectivity index (χ4v) is 2.68. The zero-order valence-electron chi connectivity index (χ0n) is 10.4. The highest BCUT2D eigenvalue weighted by atomic mass is 79.9. The summed E-state index contributed by atoms with van der Waals surface area (Å²) in [4.78, 5) is 8.61. The van der Waals surface area contributed by atoms with E-state index in [1.165, 1.54) is 6.07 Å². The van der Waals surface area contributed by atoms with Gasteiger partial charge >= 0.3 is 0 Å². The zero-order valence-corrected chi connectivity index (χ0v) is 12.7. The molecule has 3 rings (SSSR count). The van der Waals surface area contributed by atoms with E-state index in [-0.39, 0.29) is 5.82 Å². The van der Waals surface area contributed by atoms with E-state index in [0.29, 0.717) is 16.8 Å². The molecular weight excluding hydrogens is 345 g/mol. The summed E-state index contributed by atoms with van der Waals surface area (Å²) < 4.78 is 15.8. The Morgan fingerprint density at radius 3 is 2.90 bits per heavy atom. The zero-order chi connectivity index (χ0) is 14.1. The Balaban J connectivity index is 2.26. The van der Waals surface area contributed by atoms with Crippen molar-refractivity contribution in [3.8, 4) is 5.69 Å². The molecule has 0 radical (unpaired) electrons. The van der Waals surface area contributed by atoms with Crippen LogP contribution in [-0.4, -0.2) is 20.4 Å². The van der Waals surface area contributed by atoms with Gasteiger partial charge in [-0.3, -0.25) is 9.55 Å². The Hall–Kier alpha value is -1.46. The van der Waals surface area contributed by atoms with Crippen LogP contribution in [0.5, 0.6) is 0 Å². The van der Waals surface area contributed by atoms with Crippen LogP contribution in [0.1, 0.15) is 5.82 Å². The topological polar surface area (TPSA) is 30.7 Å².